The third kappa shape index (κ3) is 5.73. The van der Waals surface area contributed by atoms with Crippen molar-refractivity contribution in [1.82, 2.24) is 0 Å². The first-order valence-corrected chi connectivity index (χ1v) is 10.2. The molecule has 3 rings (SSSR count). The molecule has 1 aromatic carbocycles. The summed E-state index contributed by atoms with van der Waals surface area (Å²) in [7, 11) is 0. The number of carbonyl (C=O) groups excluding carboxylic acids is 1. The van der Waals surface area contributed by atoms with E-state index in [1.807, 2.05) is 0 Å². The van der Waals surface area contributed by atoms with Crippen molar-refractivity contribution in [2.75, 3.05) is 6.61 Å². The predicted molar refractivity (Wildman–Crippen MR) is 106 cm³/mol. The second-order valence-corrected chi connectivity index (χ2v) is 7.72. The fraction of sp³-hybridized carbons (Fsp3) is 0.571. The number of benzene rings is 1. The molecule has 6 N–H and O–H groups in total. The molecule has 10 heteroatoms. The van der Waals surface area contributed by atoms with Gasteiger partial charge in [0.05, 0.1) is 18.8 Å². The first kappa shape index (κ1) is 23.5. The van der Waals surface area contributed by atoms with Gasteiger partial charge < -0.3 is 44.8 Å². The van der Waals surface area contributed by atoms with Crippen LogP contribution in [-0.2, 0) is 19.0 Å². The zero-order valence-electron chi connectivity index (χ0n) is 16.8. The number of aromatic hydroxyl groups is 2. The van der Waals surface area contributed by atoms with Crippen LogP contribution in [0.4, 0.5) is 0 Å². The van der Waals surface area contributed by atoms with E-state index in [4.69, 9.17) is 14.2 Å². The number of phenolic OH excluding ortho intramolecular Hbond substituents is 2. The van der Waals surface area contributed by atoms with Crippen LogP contribution in [0.15, 0.2) is 24.3 Å². The minimum absolute atomic E-state index is 0.308. The van der Waals surface area contributed by atoms with Gasteiger partial charge in [-0.2, -0.15) is 0 Å². The molecular weight excluding hydrogens is 412 g/mol. The quantitative estimate of drug-likeness (QED) is 0.198. The lowest BCUT2D eigenvalue weighted by Crippen LogP contribution is -2.61. The van der Waals surface area contributed by atoms with Crippen LogP contribution in [0.1, 0.15) is 31.2 Å². The van der Waals surface area contributed by atoms with E-state index in [9.17, 15) is 35.4 Å². The maximum absolute atomic E-state index is 12.2. The van der Waals surface area contributed by atoms with Crippen molar-refractivity contribution in [3.8, 4) is 11.5 Å². The molecule has 2 aliphatic rings. The number of hydrogen-bond donors (Lipinski definition) is 6. The molecule has 0 amide bonds. The number of phenols is 2. The van der Waals surface area contributed by atoms with Crippen molar-refractivity contribution in [2.45, 2.75) is 68.6 Å². The molecule has 0 unspecified atom stereocenters. The molecule has 10 nitrogen and oxygen atoms in total. The Bertz CT molecular complexity index is 781. The van der Waals surface area contributed by atoms with Gasteiger partial charge in [0.2, 0.25) is 0 Å². The fourth-order valence-electron chi connectivity index (χ4n) is 3.69. The van der Waals surface area contributed by atoms with E-state index in [0.717, 1.165) is 18.9 Å². The maximum atomic E-state index is 12.2. The maximum Gasteiger partial charge on any atom is 0.331 e. The lowest BCUT2D eigenvalue weighted by molar-refractivity contribution is -0.319. The van der Waals surface area contributed by atoms with Gasteiger partial charge in [-0.25, -0.2) is 4.79 Å². The average molecular weight is 440 g/mol. The molecule has 31 heavy (non-hydrogen) atoms. The second kappa shape index (κ2) is 10.4. The monoisotopic (exact) mass is 440 g/mol. The van der Waals surface area contributed by atoms with E-state index in [-0.39, 0.29) is 11.5 Å². The van der Waals surface area contributed by atoms with E-state index >= 15 is 0 Å². The first-order chi connectivity index (χ1) is 14.8. The van der Waals surface area contributed by atoms with Crippen molar-refractivity contribution in [3.63, 3.8) is 0 Å². The van der Waals surface area contributed by atoms with Crippen LogP contribution in [0.5, 0.6) is 11.5 Å². The van der Waals surface area contributed by atoms with Crippen LogP contribution in [0.3, 0.4) is 0 Å². The Labute approximate surface area is 178 Å². The Balaban J connectivity index is 1.67. The van der Waals surface area contributed by atoms with Crippen LogP contribution >= 0.6 is 0 Å². The highest BCUT2D eigenvalue weighted by atomic mass is 16.7. The van der Waals surface area contributed by atoms with Gasteiger partial charge in [-0.15, -0.1) is 0 Å². The van der Waals surface area contributed by atoms with Crippen molar-refractivity contribution in [1.29, 1.82) is 0 Å². The summed E-state index contributed by atoms with van der Waals surface area (Å²) in [6, 6.07) is 3.94. The molecule has 0 radical (unpaired) electrons. The Morgan fingerprint density at radius 2 is 1.84 bits per heavy atom. The van der Waals surface area contributed by atoms with E-state index in [1.54, 1.807) is 0 Å². The minimum Gasteiger partial charge on any atom is -0.504 e. The molecule has 0 bridgehead atoms. The van der Waals surface area contributed by atoms with E-state index in [0.29, 0.717) is 18.4 Å². The highest BCUT2D eigenvalue weighted by Crippen LogP contribution is 2.29. The molecule has 0 aromatic heterocycles. The predicted octanol–water partition coefficient (Wildman–Crippen LogP) is -0.218. The Hall–Kier alpha value is -2.21. The highest BCUT2D eigenvalue weighted by molar-refractivity contribution is 5.87. The third-order valence-corrected chi connectivity index (χ3v) is 5.46. The van der Waals surface area contributed by atoms with Gasteiger partial charge in [-0.05, 0) is 36.6 Å². The lowest BCUT2D eigenvalue weighted by Gasteiger charge is -2.43. The van der Waals surface area contributed by atoms with Gasteiger partial charge in [0.15, 0.2) is 23.9 Å². The van der Waals surface area contributed by atoms with Crippen molar-refractivity contribution < 1.29 is 49.6 Å². The minimum atomic E-state index is -1.55. The van der Waals surface area contributed by atoms with Crippen molar-refractivity contribution in [2.24, 2.45) is 0 Å². The Kier molecular flexibility index (Phi) is 7.87. The second-order valence-electron chi connectivity index (χ2n) is 7.72. The van der Waals surface area contributed by atoms with E-state index in [2.05, 4.69) is 0 Å². The number of rotatable bonds is 6. The summed E-state index contributed by atoms with van der Waals surface area (Å²) in [6.45, 7) is -0.600. The number of aliphatic hydroxyl groups is 4. The summed E-state index contributed by atoms with van der Waals surface area (Å²) >= 11 is 0. The van der Waals surface area contributed by atoms with E-state index in [1.165, 1.54) is 24.3 Å². The molecule has 0 spiro atoms. The van der Waals surface area contributed by atoms with Gasteiger partial charge in [-0.3, -0.25) is 0 Å². The Morgan fingerprint density at radius 3 is 2.52 bits per heavy atom. The van der Waals surface area contributed by atoms with Gasteiger partial charge in [-0.1, -0.05) is 18.9 Å². The normalized spacial score (nSPS) is 34.0. The standard InChI is InChI=1S/C21H28O10/c22-10-16-18(27)20(19(28)21(30-16)29-15-4-2-1-3-13(15)24)31-17(26)8-6-11-5-7-12(23)14(25)9-11/h5-9,13,15-16,18-25,27-28H,1-4,10H2/t13-,15-,16-,18-,19-,20-,21-/m1/s1. The highest BCUT2D eigenvalue weighted by Gasteiger charge is 2.48. The largest absolute Gasteiger partial charge is 0.504 e. The van der Waals surface area contributed by atoms with Crippen LogP contribution in [0.25, 0.3) is 6.08 Å². The molecule has 2 fully saturated rings. The van der Waals surface area contributed by atoms with E-state index < -0.39 is 55.5 Å². The summed E-state index contributed by atoms with van der Waals surface area (Å²) in [4.78, 5) is 12.2. The topological polar surface area (TPSA) is 166 Å². The zero-order chi connectivity index (χ0) is 22.5. The molecule has 1 aromatic rings. The van der Waals surface area contributed by atoms with Crippen LogP contribution < -0.4 is 0 Å². The molecule has 172 valence electrons. The summed E-state index contributed by atoms with van der Waals surface area (Å²) in [6.07, 6.45) is -3.14. The molecule has 1 aliphatic heterocycles. The van der Waals surface area contributed by atoms with Crippen LogP contribution in [0.2, 0.25) is 0 Å². The van der Waals surface area contributed by atoms with Crippen LogP contribution in [-0.4, -0.2) is 86.1 Å². The summed E-state index contributed by atoms with van der Waals surface area (Å²) in [5.41, 5.74) is 0.404. The van der Waals surface area contributed by atoms with Gasteiger partial charge in [0, 0.05) is 6.08 Å². The number of esters is 1. The number of carbonyl (C=O) groups is 1. The smallest absolute Gasteiger partial charge is 0.331 e. The Morgan fingerprint density at radius 1 is 1.10 bits per heavy atom. The fourth-order valence-corrected chi connectivity index (χ4v) is 3.69. The van der Waals surface area contributed by atoms with Crippen molar-refractivity contribution in [3.05, 3.63) is 29.8 Å². The van der Waals surface area contributed by atoms with Gasteiger partial charge in [0.25, 0.3) is 0 Å². The number of ether oxygens (including phenoxy) is 3. The molecule has 1 saturated carbocycles. The SMILES string of the molecule is O=C(C=Cc1ccc(O)c(O)c1)O[C@H]1[C@@H](O)[C@H](O[C@@H]2CCCC[C@H]2O)O[C@H](CO)[C@H]1O. The van der Waals surface area contributed by atoms with Crippen molar-refractivity contribution >= 4 is 12.0 Å². The first-order valence-electron chi connectivity index (χ1n) is 10.2. The third-order valence-electron chi connectivity index (χ3n) is 5.46. The van der Waals surface area contributed by atoms with Gasteiger partial charge >= 0.3 is 5.97 Å². The lowest BCUT2D eigenvalue weighted by atomic mass is 9.94. The molecule has 1 saturated heterocycles. The number of aliphatic hydroxyl groups excluding tert-OH is 4. The average Bonchev–Trinajstić information content (AvgIpc) is 2.75. The molecule has 1 aliphatic carbocycles. The van der Waals surface area contributed by atoms with Gasteiger partial charge in [0.1, 0.15) is 18.3 Å². The zero-order valence-corrected chi connectivity index (χ0v) is 16.8. The molecule has 7 atom stereocenters. The van der Waals surface area contributed by atoms with Crippen LogP contribution in [0, 0.1) is 0 Å². The number of hydrogen-bond acceptors (Lipinski definition) is 10. The molecule has 1 heterocycles. The molecular formula is C21H28O10. The summed E-state index contributed by atoms with van der Waals surface area (Å²) < 4.78 is 16.3. The summed E-state index contributed by atoms with van der Waals surface area (Å²) in [5, 5.41) is 59.4. The summed E-state index contributed by atoms with van der Waals surface area (Å²) in [5.74, 6) is -1.57.